The summed E-state index contributed by atoms with van der Waals surface area (Å²) in [5.41, 5.74) is 24.2. The molecule has 0 saturated heterocycles. The van der Waals surface area contributed by atoms with E-state index in [1.54, 1.807) is 0 Å². The summed E-state index contributed by atoms with van der Waals surface area (Å²) in [6, 6.07) is 64.7. The van der Waals surface area contributed by atoms with E-state index in [0.29, 0.717) is 0 Å². The molecule has 0 atom stereocenters. The number of rotatable bonds is 7. The van der Waals surface area contributed by atoms with E-state index in [-0.39, 0.29) is 27.1 Å². The van der Waals surface area contributed by atoms with Gasteiger partial charge in [-0.15, -0.1) is 11.3 Å². The second kappa shape index (κ2) is 17.5. The highest BCUT2D eigenvalue weighted by atomic mass is 32.1. The topological polar surface area (TPSA) is 15.3 Å². The number of hydrogen-bond donors (Lipinski definition) is 1. The second-order valence-corrected chi connectivity index (χ2v) is 26.5. The average molecular weight is 982 g/mol. The van der Waals surface area contributed by atoms with Gasteiger partial charge in [-0.05, 0) is 185 Å². The second-order valence-electron chi connectivity index (χ2n) is 25.4. The maximum atomic E-state index is 4.09. The summed E-state index contributed by atoms with van der Waals surface area (Å²) in [6.07, 6.45) is 4.70. The minimum atomic E-state index is -0.0435. The van der Waals surface area contributed by atoms with Crippen LogP contribution in [0.2, 0.25) is 0 Å². The van der Waals surface area contributed by atoms with Crippen molar-refractivity contribution in [1.29, 1.82) is 0 Å². The largest absolute Gasteiger partial charge is 0.355 e. The molecule has 1 N–H and O–H groups in total. The van der Waals surface area contributed by atoms with Crippen molar-refractivity contribution in [2.45, 2.75) is 129 Å². The highest BCUT2D eigenvalue weighted by Crippen LogP contribution is 2.53. The highest BCUT2D eigenvalue weighted by Gasteiger charge is 2.41. The lowest BCUT2D eigenvalue weighted by Crippen LogP contribution is -2.39. The van der Waals surface area contributed by atoms with E-state index >= 15 is 0 Å². The van der Waals surface area contributed by atoms with Gasteiger partial charge in [0.25, 0.3) is 0 Å². The van der Waals surface area contributed by atoms with E-state index in [0.717, 1.165) is 11.4 Å². The summed E-state index contributed by atoms with van der Waals surface area (Å²) in [7, 11) is 2.54. The van der Waals surface area contributed by atoms with E-state index in [2.05, 4.69) is 264 Å². The average Bonchev–Trinajstić information content (AvgIpc) is 3.80. The SMILES string of the molecule is CC(C)(C)c1ccc(N2c3cc(-c4ccccc4)cc(-c4cc(-c5ccccc5)ccc4Nc4ccc5c(c4)C(C)(C)CCC5(C)C)c3[B]c3sc4cc5c(cc4c32)C(C)(C)CCC5(C)C)c(-c2ccccc2)c1. The van der Waals surface area contributed by atoms with Crippen molar-refractivity contribution in [2.75, 3.05) is 10.2 Å². The van der Waals surface area contributed by atoms with E-state index < -0.39 is 0 Å². The van der Waals surface area contributed by atoms with Crippen LogP contribution in [-0.4, -0.2) is 7.28 Å². The Morgan fingerprint density at radius 1 is 0.459 bits per heavy atom. The zero-order valence-electron chi connectivity index (χ0n) is 45.4. The fourth-order valence-electron chi connectivity index (χ4n) is 12.5. The van der Waals surface area contributed by atoms with Crippen LogP contribution in [0.3, 0.4) is 0 Å². The molecule has 0 bridgehead atoms. The maximum Gasteiger partial charge on any atom is 0.211 e. The molecule has 0 fully saturated rings. The minimum absolute atomic E-state index is 0.0435. The van der Waals surface area contributed by atoms with Gasteiger partial charge in [-0.2, -0.15) is 0 Å². The molecule has 369 valence electrons. The Labute approximate surface area is 446 Å². The van der Waals surface area contributed by atoms with Gasteiger partial charge in [0.2, 0.25) is 7.28 Å². The van der Waals surface area contributed by atoms with Crippen LogP contribution in [0.4, 0.5) is 28.4 Å². The first-order chi connectivity index (χ1) is 35.3. The number of nitrogens with one attached hydrogen (secondary N) is 1. The van der Waals surface area contributed by atoms with Crippen LogP contribution in [0.25, 0.3) is 54.6 Å². The predicted molar refractivity (Wildman–Crippen MR) is 322 cm³/mol. The molecule has 2 heterocycles. The van der Waals surface area contributed by atoms with Gasteiger partial charge < -0.3 is 10.2 Å². The molecule has 0 unspecified atom stereocenters. The Bertz CT molecular complexity index is 3650. The van der Waals surface area contributed by atoms with Gasteiger partial charge in [0, 0.05) is 38.3 Å². The molecular formula is C70H70BN2S. The lowest BCUT2D eigenvalue weighted by molar-refractivity contribution is 0.332. The monoisotopic (exact) mass is 982 g/mol. The number of hydrogen-bond acceptors (Lipinski definition) is 3. The van der Waals surface area contributed by atoms with Crippen molar-refractivity contribution >= 4 is 67.4 Å². The van der Waals surface area contributed by atoms with E-state index in [9.17, 15) is 0 Å². The van der Waals surface area contributed by atoms with Crippen molar-refractivity contribution in [3.63, 3.8) is 0 Å². The summed E-state index contributed by atoms with van der Waals surface area (Å²) < 4.78 is 2.63. The first-order valence-corrected chi connectivity index (χ1v) is 27.9. The van der Waals surface area contributed by atoms with E-state index in [4.69, 9.17) is 0 Å². The normalized spacial score (nSPS) is 16.9. The van der Waals surface area contributed by atoms with Crippen LogP contribution in [0.15, 0.2) is 170 Å². The predicted octanol–water partition coefficient (Wildman–Crippen LogP) is 18.7. The molecule has 1 aliphatic heterocycles. The Morgan fingerprint density at radius 3 is 1.64 bits per heavy atom. The lowest BCUT2D eigenvalue weighted by atomic mass is 9.61. The van der Waals surface area contributed by atoms with Crippen LogP contribution in [-0.2, 0) is 27.1 Å². The molecule has 0 spiro atoms. The number of benzene rings is 8. The number of fused-ring (bicyclic) bond motifs is 6. The number of anilines is 5. The van der Waals surface area contributed by atoms with Gasteiger partial charge in [-0.1, -0.05) is 185 Å². The molecule has 1 radical (unpaired) electrons. The summed E-state index contributed by atoms with van der Waals surface area (Å²) in [6.45, 7) is 26.5. The minimum Gasteiger partial charge on any atom is -0.355 e. The Morgan fingerprint density at radius 2 is 1.01 bits per heavy atom. The molecule has 3 aliphatic rings. The van der Waals surface area contributed by atoms with Crippen LogP contribution in [0.5, 0.6) is 0 Å². The van der Waals surface area contributed by atoms with E-state index in [1.165, 1.54) is 135 Å². The zero-order chi connectivity index (χ0) is 51.5. The fourth-order valence-corrected chi connectivity index (χ4v) is 13.7. The van der Waals surface area contributed by atoms with Crippen LogP contribution in [0, 0.1) is 0 Å². The maximum absolute atomic E-state index is 4.09. The Balaban J connectivity index is 1.16. The highest BCUT2D eigenvalue weighted by molar-refractivity contribution is 7.29. The third-order valence-corrected chi connectivity index (χ3v) is 18.5. The zero-order valence-corrected chi connectivity index (χ0v) is 46.2. The summed E-state index contributed by atoms with van der Waals surface area (Å²) >= 11 is 1.96. The molecule has 8 aromatic carbocycles. The molecule has 2 nitrogen and oxygen atoms in total. The van der Waals surface area contributed by atoms with Gasteiger partial charge in [0.1, 0.15) is 0 Å². The molecular weight excluding hydrogens is 912 g/mol. The summed E-state index contributed by atoms with van der Waals surface area (Å²) in [5.74, 6) is 0. The Kier molecular flexibility index (Phi) is 11.4. The number of nitrogens with zero attached hydrogens (tertiary/aromatic N) is 1. The molecule has 2 aliphatic carbocycles. The standard InChI is InChI=1S/C70H70BN2S/c1-66(2,3)49-28-32-60(51(40-49)46-25-19-14-20-26-46)73-61-39-48(45-23-17-13-18-24-45)38-53(63(61)71-65-64(73)54-42-57-58(43-62(54)74-65)70(10,11)36-35-69(57,8)9)52-37-47(44-21-15-12-16-22-44)27-31-59(52)72-50-29-30-55-56(41-50)68(6,7)34-33-67(55,4)5/h12-32,37-43,72H,33-36H2,1-11H3. The summed E-state index contributed by atoms with van der Waals surface area (Å²) in [4.78, 5) is 2.67. The van der Waals surface area contributed by atoms with Crippen LogP contribution in [0.1, 0.15) is 130 Å². The first kappa shape index (κ1) is 48.3. The number of thiophene rings is 1. The third kappa shape index (κ3) is 8.33. The summed E-state index contributed by atoms with van der Waals surface area (Å²) in [5, 5.41) is 5.41. The lowest BCUT2D eigenvalue weighted by Gasteiger charge is -2.42. The molecule has 9 aromatic rings. The smallest absolute Gasteiger partial charge is 0.211 e. The third-order valence-electron chi connectivity index (χ3n) is 17.4. The van der Waals surface area contributed by atoms with Crippen LogP contribution < -0.4 is 20.5 Å². The van der Waals surface area contributed by atoms with Crippen molar-refractivity contribution in [3.8, 4) is 44.5 Å². The van der Waals surface area contributed by atoms with Gasteiger partial charge in [-0.3, -0.25) is 0 Å². The molecule has 0 saturated carbocycles. The van der Waals surface area contributed by atoms with Gasteiger partial charge in [0.15, 0.2) is 0 Å². The quantitative estimate of drug-likeness (QED) is 0.160. The van der Waals surface area contributed by atoms with Crippen molar-refractivity contribution in [1.82, 2.24) is 0 Å². The van der Waals surface area contributed by atoms with Gasteiger partial charge in [0.05, 0.1) is 11.4 Å². The fraction of sp³-hybridized carbons (Fsp3) is 0.286. The van der Waals surface area contributed by atoms with Gasteiger partial charge >= 0.3 is 0 Å². The van der Waals surface area contributed by atoms with E-state index in [1.807, 2.05) is 11.3 Å². The Hall–Kier alpha value is -6.62. The molecule has 4 heteroatoms. The van der Waals surface area contributed by atoms with Crippen molar-refractivity contribution in [3.05, 3.63) is 198 Å². The molecule has 74 heavy (non-hydrogen) atoms. The molecule has 1 aromatic heterocycles. The molecule has 0 amide bonds. The van der Waals surface area contributed by atoms with Crippen molar-refractivity contribution < 1.29 is 0 Å². The van der Waals surface area contributed by atoms with Gasteiger partial charge in [-0.25, -0.2) is 0 Å². The van der Waals surface area contributed by atoms with Crippen molar-refractivity contribution in [2.24, 2.45) is 0 Å². The molecule has 12 rings (SSSR count). The first-order valence-electron chi connectivity index (χ1n) is 27.1. The van der Waals surface area contributed by atoms with Crippen LogP contribution >= 0.6 is 11.3 Å².